The van der Waals surface area contributed by atoms with Gasteiger partial charge < -0.3 is 0 Å². The lowest BCUT2D eigenvalue weighted by atomic mass is 10.1. The van der Waals surface area contributed by atoms with Gasteiger partial charge in [0.05, 0.1) is 17.1 Å². The Morgan fingerprint density at radius 1 is 1.04 bits per heavy atom. The summed E-state index contributed by atoms with van der Waals surface area (Å²) >= 11 is 0. The number of sulfonamides is 1. The maximum Gasteiger partial charge on any atom is 0.244 e. The molecule has 0 radical (unpaired) electrons. The lowest BCUT2D eigenvalue weighted by Crippen LogP contribution is -2.27. The van der Waals surface area contributed by atoms with Crippen molar-refractivity contribution in [1.29, 1.82) is 0 Å². The Hall–Kier alpha value is -2.44. The molecule has 1 N–H and O–H groups in total. The monoisotopic (exact) mass is 383 g/mol. The second-order valence-corrected chi connectivity index (χ2v) is 8.34. The number of benzene rings is 2. The van der Waals surface area contributed by atoms with E-state index in [9.17, 15) is 8.42 Å². The predicted molar refractivity (Wildman–Crippen MR) is 108 cm³/mol. The molecule has 0 aliphatic heterocycles. The first kappa shape index (κ1) is 19.3. The Morgan fingerprint density at radius 3 is 2.26 bits per heavy atom. The molecular formula is C21H25N3O2S. The summed E-state index contributed by atoms with van der Waals surface area (Å²) in [5.41, 5.74) is 4.08. The zero-order valence-electron chi connectivity index (χ0n) is 16.1. The maximum atomic E-state index is 13.1. The minimum Gasteiger partial charge on any atom is -0.236 e. The van der Waals surface area contributed by atoms with E-state index in [1.807, 2.05) is 61.5 Å². The van der Waals surface area contributed by atoms with Crippen LogP contribution in [0.25, 0.3) is 5.69 Å². The zero-order valence-corrected chi connectivity index (χ0v) is 16.9. The fourth-order valence-electron chi connectivity index (χ4n) is 3.24. The molecule has 0 spiro atoms. The molecule has 1 atom stereocenters. The number of hydrogen-bond donors (Lipinski definition) is 1. The Kier molecular flexibility index (Phi) is 5.48. The van der Waals surface area contributed by atoms with E-state index in [2.05, 4.69) is 16.7 Å². The van der Waals surface area contributed by atoms with Crippen LogP contribution in [-0.2, 0) is 16.4 Å². The van der Waals surface area contributed by atoms with Crippen molar-refractivity contribution in [2.75, 3.05) is 0 Å². The van der Waals surface area contributed by atoms with E-state index >= 15 is 0 Å². The molecule has 0 bridgehead atoms. The van der Waals surface area contributed by atoms with Crippen LogP contribution < -0.4 is 4.72 Å². The molecule has 1 unspecified atom stereocenters. The van der Waals surface area contributed by atoms with Gasteiger partial charge in [0.15, 0.2) is 0 Å². The minimum absolute atomic E-state index is 0.239. The first-order valence-electron chi connectivity index (χ1n) is 9.06. The van der Waals surface area contributed by atoms with Crippen LogP contribution in [0.4, 0.5) is 0 Å². The van der Waals surface area contributed by atoms with Gasteiger partial charge in [0.25, 0.3) is 0 Å². The van der Waals surface area contributed by atoms with Gasteiger partial charge in [-0.3, -0.25) is 0 Å². The minimum atomic E-state index is -3.71. The molecule has 1 aromatic heterocycles. The smallest absolute Gasteiger partial charge is 0.236 e. The molecule has 5 nitrogen and oxygen atoms in total. The van der Waals surface area contributed by atoms with E-state index in [4.69, 9.17) is 0 Å². The van der Waals surface area contributed by atoms with Gasteiger partial charge in [-0.05, 0) is 50.5 Å². The van der Waals surface area contributed by atoms with Crippen molar-refractivity contribution < 1.29 is 8.42 Å². The van der Waals surface area contributed by atoms with E-state index in [0.29, 0.717) is 11.4 Å². The maximum absolute atomic E-state index is 13.1. The van der Waals surface area contributed by atoms with Crippen molar-refractivity contribution in [3.8, 4) is 5.69 Å². The summed E-state index contributed by atoms with van der Waals surface area (Å²) in [6.07, 6.45) is 0.956. The van der Waals surface area contributed by atoms with Gasteiger partial charge in [-0.1, -0.05) is 49.4 Å². The van der Waals surface area contributed by atoms with Crippen LogP contribution in [-0.4, -0.2) is 18.2 Å². The number of hydrogen-bond acceptors (Lipinski definition) is 3. The average Bonchev–Trinajstić information content (AvgIpc) is 2.97. The summed E-state index contributed by atoms with van der Waals surface area (Å²) in [6, 6.07) is 17.2. The van der Waals surface area contributed by atoms with Gasteiger partial charge in [-0.25, -0.2) is 17.8 Å². The van der Waals surface area contributed by atoms with Gasteiger partial charge in [0.2, 0.25) is 10.0 Å². The number of para-hydroxylation sites is 1. The molecule has 6 heteroatoms. The topological polar surface area (TPSA) is 64.0 Å². The summed E-state index contributed by atoms with van der Waals surface area (Å²) in [4.78, 5) is 0.239. The molecule has 0 saturated carbocycles. The number of nitrogens with zero attached hydrogens (tertiary/aromatic N) is 2. The highest BCUT2D eigenvalue weighted by Gasteiger charge is 2.27. The van der Waals surface area contributed by atoms with Gasteiger partial charge in [0, 0.05) is 6.04 Å². The number of aromatic nitrogens is 2. The normalized spacial score (nSPS) is 12.9. The van der Waals surface area contributed by atoms with Crippen molar-refractivity contribution in [1.82, 2.24) is 14.5 Å². The summed E-state index contributed by atoms with van der Waals surface area (Å²) in [5, 5.41) is 4.45. The first-order chi connectivity index (χ1) is 12.8. The molecule has 3 rings (SSSR count). The summed E-state index contributed by atoms with van der Waals surface area (Å²) in [6.45, 7) is 7.45. The first-order valence-corrected chi connectivity index (χ1v) is 10.5. The molecule has 142 valence electrons. The van der Waals surface area contributed by atoms with Gasteiger partial charge in [-0.2, -0.15) is 5.10 Å². The average molecular weight is 384 g/mol. The number of rotatable bonds is 6. The highest BCUT2D eigenvalue weighted by molar-refractivity contribution is 7.89. The molecule has 0 fully saturated rings. The van der Waals surface area contributed by atoms with Crippen LogP contribution in [0.15, 0.2) is 59.5 Å². The quantitative estimate of drug-likeness (QED) is 0.697. The van der Waals surface area contributed by atoms with Crippen LogP contribution in [0.2, 0.25) is 0 Å². The summed E-state index contributed by atoms with van der Waals surface area (Å²) < 4.78 is 30.6. The Morgan fingerprint density at radius 2 is 1.67 bits per heavy atom. The molecule has 27 heavy (non-hydrogen) atoms. The number of aryl methyl sites for hydroxylation is 2. The van der Waals surface area contributed by atoms with Gasteiger partial charge >= 0.3 is 0 Å². The lowest BCUT2D eigenvalue weighted by molar-refractivity contribution is 0.565. The van der Waals surface area contributed by atoms with Crippen molar-refractivity contribution in [2.45, 2.75) is 45.1 Å². The summed E-state index contributed by atoms with van der Waals surface area (Å²) in [7, 11) is -3.71. The molecule has 2 aromatic carbocycles. The standard InChI is InChI=1S/C21H25N3O2S/c1-5-18-11-13-19(14-12-18)15(2)23-27(25,26)21-16(3)22-24(17(21)4)20-9-7-6-8-10-20/h6-15,23H,5H2,1-4H3. The van der Waals surface area contributed by atoms with Crippen molar-refractivity contribution >= 4 is 10.0 Å². The second kappa shape index (κ2) is 7.66. The fourth-order valence-corrected chi connectivity index (χ4v) is 4.86. The third-order valence-electron chi connectivity index (χ3n) is 4.71. The van der Waals surface area contributed by atoms with Crippen molar-refractivity contribution in [2.24, 2.45) is 0 Å². The van der Waals surface area contributed by atoms with Gasteiger partial charge in [-0.15, -0.1) is 0 Å². The van der Waals surface area contributed by atoms with Crippen molar-refractivity contribution in [3.63, 3.8) is 0 Å². The highest BCUT2D eigenvalue weighted by Crippen LogP contribution is 2.24. The SMILES string of the molecule is CCc1ccc(C(C)NS(=O)(=O)c2c(C)nn(-c3ccccc3)c2C)cc1. The third-order valence-corrected chi connectivity index (χ3v) is 6.51. The molecule has 3 aromatic rings. The van der Waals surface area contributed by atoms with E-state index < -0.39 is 10.0 Å². The third kappa shape index (κ3) is 3.96. The summed E-state index contributed by atoms with van der Waals surface area (Å²) in [5.74, 6) is 0. The largest absolute Gasteiger partial charge is 0.244 e. The zero-order chi connectivity index (χ0) is 19.6. The van der Waals surface area contributed by atoms with E-state index in [1.165, 1.54) is 5.56 Å². The van der Waals surface area contributed by atoms with Crippen LogP contribution in [0.3, 0.4) is 0 Å². The van der Waals surface area contributed by atoms with Crippen LogP contribution >= 0.6 is 0 Å². The van der Waals surface area contributed by atoms with Crippen LogP contribution in [0.5, 0.6) is 0 Å². The number of nitrogens with one attached hydrogen (secondary N) is 1. The second-order valence-electron chi connectivity index (χ2n) is 6.69. The van der Waals surface area contributed by atoms with Crippen LogP contribution in [0.1, 0.15) is 42.4 Å². The molecule has 1 heterocycles. The van der Waals surface area contributed by atoms with E-state index in [-0.39, 0.29) is 10.9 Å². The molecule has 0 amide bonds. The molecule has 0 saturated heterocycles. The Balaban J connectivity index is 1.91. The van der Waals surface area contributed by atoms with Crippen LogP contribution in [0, 0.1) is 13.8 Å². The highest BCUT2D eigenvalue weighted by atomic mass is 32.2. The predicted octanol–water partition coefficient (Wildman–Crippen LogP) is 4.09. The lowest BCUT2D eigenvalue weighted by Gasteiger charge is -2.15. The molecular weight excluding hydrogens is 358 g/mol. The van der Waals surface area contributed by atoms with Crippen molar-refractivity contribution in [3.05, 3.63) is 77.1 Å². The Labute approximate surface area is 161 Å². The Bertz CT molecular complexity index is 1020. The molecule has 0 aliphatic carbocycles. The van der Waals surface area contributed by atoms with E-state index in [0.717, 1.165) is 17.7 Å². The van der Waals surface area contributed by atoms with Gasteiger partial charge in [0.1, 0.15) is 4.90 Å². The molecule has 0 aliphatic rings. The van der Waals surface area contributed by atoms with E-state index in [1.54, 1.807) is 18.5 Å². The fraction of sp³-hybridized carbons (Fsp3) is 0.286.